The monoisotopic (exact) mass is 274 g/mol. The molecule has 4 heteroatoms. The molecule has 1 N–H and O–H groups in total. The van der Waals surface area contributed by atoms with E-state index in [9.17, 15) is 0 Å². The number of piperidine rings is 1. The SMILES string of the molecule is CNC1CC2CCC(C1)N2c1ccc2c(c1)OCCO2. The first-order valence-electron chi connectivity index (χ1n) is 7.70. The number of hydrogen-bond donors (Lipinski definition) is 1. The predicted molar refractivity (Wildman–Crippen MR) is 78.8 cm³/mol. The summed E-state index contributed by atoms with van der Waals surface area (Å²) in [5.41, 5.74) is 1.30. The molecule has 3 heterocycles. The molecule has 0 aliphatic carbocycles. The summed E-state index contributed by atoms with van der Waals surface area (Å²) in [4.78, 5) is 2.62. The van der Waals surface area contributed by atoms with Crippen molar-refractivity contribution in [2.24, 2.45) is 0 Å². The molecule has 0 amide bonds. The zero-order valence-electron chi connectivity index (χ0n) is 12.0. The topological polar surface area (TPSA) is 33.7 Å². The fraction of sp³-hybridized carbons (Fsp3) is 0.625. The third-order valence-corrected chi connectivity index (χ3v) is 4.97. The molecule has 20 heavy (non-hydrogen) atoms. The van der Waals surface area contributed by atoms with Gasteiger partial charge in [-0.3, -0.25) is 0 Å². The van der Waals surface area contributed by atoms with Gasteiger partial charge < -0.3 is 19.7 Å². The number of nitrogens with zero attached hydrogens (tertiary/aromatic N) is 1. The molecule has 3 aliphatic heterocycles. The Balaban J connectivity index is 1.62. The van der Waals surface area contributed by atoms with Crippen LogP contribution in [-0.2, 0) is 0 Å². The van der Waals surface area contributed by atoms with Gasteiger partial charge in [0.05, 0.1) is 0 Å². The molecule has 0 saturated carbocycles. The van der Waals surface area contributed by atoms with Crippen LogP contribution in [0.15, 0.2) is 18.2 Å². The number of ether oxygens (including phenoxy) is 2. The second kappa shape index (κ2) is 4.85. The second-order valence-electron chi connectivity index (χ2n) is 6.08. The highest BCUT2D eigenvalue weighted by atomic mass is 16.6. The van der Waals surface area contributed by atoms with Crippen LogP contribution in [0.2, 0.25) is 0 Å². The summed E-state index contributed by atoms with van der Waals surface area (Å²) in [5.74, 6) is 1.79. The first-order valence-corrected chi connectivity index (χ1v) is 7.70. The average Bonchev–Trinajstić information content (AvgIpc) is 2.77. The third kappa shape index (κ3) is 1.94. The third-order valence-electron chi connectivity index (χ3n) is 4.97. The Bertz CT molecular complexity index is 491. The van der Waals surface area contributed by atoms with Gasteiger partial charge in [-0.05, 0) is 44.9 Å². The number of hydrogen-bond acceptors (Lipinski definition) is 4. The minimum atomic E-state index is 0.658. The van der Waals surface area contributed by atoms with Crippen LogP contribution in [0.1, 0.15) is 25.7 Å². The van der Waals surface area contributed by atoms with Crippen LogP contribution in [0, 0.1) is 0 Å². The molecule has 2 fully saturated rings. The maximum absolute atomic E-state index is 5.72. The van der Waals surface area contributed by atoms with Crippen LogP contribution in [0.3, 0.4) is 0 Å². The molecule has 0 spiro atoms. The molecule has 0 aromatic heterocycles. The number of fused-ring (bicyclic) bond motifs is 3. The van der Waals surface area contributed by atoms with Gasteiger partial charge in [-0.25, -0.2) is 0 Å². The first kappa shape index (κ1) is 12.3. The van der Waals surface area contributed by atoms with E-state index in [0.29, 0.717) is 31.3 Å². The van der Waals surface area contributed by atoms with E-state index in [0.717, 1.165) is 11.5 Å². The van der Waals surface area contributed by atoms with Crippen molar-refractivity contribution in [3.05, 3.63) is 18.2 Å². The molecule has 108 valence electrons. The average molecular weight is 274 g/mol. The maximum Gasteiger partial charge on any atom is 0.163 e. The molecular weight excluding hydrogens is 252 g/mol. The number of anilines is 1. The lowest BCUT2D eigenvalue weighted by molar-refractivity contribution is 0.171. The minimum Gasteiger partial charge on any atom is -0.486 e. The normalized spacial score (nSPS) is 31.4. The summed E-state index contributed by atoms with van der Waals surface area (Å²) >= 11 is 0. The lowest BCUT2D eigenvalue weighted by Crippen LogP contribution is -2.48. The van der Waals surface area contributed by atoms with E-state index < -0.39 is 0 Å². The standard InChI is InChI=1S/C16H22N2O2/c1-17-11-8-12-2-3-13(9-11)18(12)14-4-5-15-16(10-14)20-7-6-19-15/h4-5,10-13,17H,2-3,6-9H2,1H3. The molecule has 2 atom stereocenters. The van der Waals surface area contributed by atoms with Gasteiger partial charge in [0.15, 0.2) is 11.5 Å². The fourth-order valence-electron chi connectivity index (χ4n) is 4.03. The van der Waals surface area contributed by atoms with Crippen LogP contribution in [0.5, 0.6) is 11.5 Å². The van der Waals surface area contributed by atoms with Crippen molar-refractivity contribution >= 4 is 5.69 Å². The van der Waals surface area contributed by atoms with Crippen LogP contribution in [-0.4, -0.2) is 38.4 Å². The highest BCUT2D eigenvalue weighted by Gasteiger charge is 2.40. The minimum absolute atomic E-state index is 0.658. The van der Waals surface area contributed by atoms with Crippen molar-refractivity contribution < 1.29 is 9.47 Å². The Morgan fingerprint density at radius 2 is 1.75 bits per heavy atom. The van der Waals surface area contributed by atoms with Crippen LogP contribution >= 0.6 is 0 Å². The van der Waals surface area contributed by atoms with Crippen molar-refractivity contribution in [1.29, 1.82) is 0 Å². The van der Waals surface area contributed by atoms with Crippen molar-refractivity contribution in [2.45, 2.75) is 43.8 Å². The van der Waals surface area contributed by atoms with E-state index in [4.69, 9.17) is 9.47 Å². The van der Waals surface area contributed by atoms with E-state index in [1.54, 1.807) is 0 Å². The molecule has 2 unspecified atom stereocenters. The van der Waals surface area contributed by atoms with Crippen LogP contribution < -0.4 is 19.7 Å². The van der Waals surface area contributed by atoms with Crippen molar-refractivity contribution in [1.82, 2.24) is 5.32 Å². The Morgan fingerprint density at radius 3 is 2.45 bits per heavy atom. The molecule has 3 aliphatic rings. The molecule has 4 nitrogen and oxygen atoms in total. The highest BCUT2D eigenvalue weighted by molar-refractivity contribution is 5.59. The Kier molecular flexibility index (Phi) is 2.99. The maximum atomic E-state index is 5.72. The van der Waals surface area contributed by atoms with E-state index in [2.05, 4.69) is 35.5 Å². The summed E-state index contributed by atoms with van der Waals surface area (Å²) in [6.45, 7) is 1.32. The molecule has 0 radical (unpaired) electrons. The molecule has 2 bridgehead atoms. The Morgan fingerprint density at radius 1 is 1.05 bits per heavy atom. The van der Waals surface area contributed by atoms with Gasteiger partial charge in [-0.2, -0.15) is 0 Å². The predicted octanol–water partition coefficient (Wildman–Crippen LogP) is 2.18. The van der Waals surface area contributed by atoms with Crippen LogP contribution in [0.25, 0.3) is 0 Å². The smallest absolute Gasteiger partial charge is 0.163 e. The van der Waals surface area contributed by atoms with Crippen molar-refractivity contribution in [3.63, 3.8) is 0 Å². The summed E-state index contributed by atoms with van der Waals surface area (Å²) in [6, 6.07) is 8.45. The molecule has 1 aromatic carbocycles. The Labute approximate surface area is 120 Å². The Hall–Kier alpha value is -1.42. The van der Waals surface area contributed by atoms with Gasteiger partial charge in [0.25, 0.3) is 0 Å². The summed E-state index contributed by atoms with van der Waals surface area (Å²) in [7, 11) is 2.09. The van der Waals surface area contributed by atoms with Gasteiger partial charge in [-0.1, -0.05) is 0 Å². The first-order chi connectivity index (χ1) is 9.85. The van der Waals surface area contributed by atoms with Gasteiger partial charge in [0.2, 0.25) is 0 Å². The van der Waals surface area contributed by atoms with E-state index in [1.807, 2.05) is 0 Å². The molecule has 4 rings (SSSR count). The highest BCUT2D eigenvalue weighted by Crippen LogP contribution is 2.42. The quantitative estimate of drug-likeness (QED) is 0.896. The van der Waals surface area contributed by atoms with Gasteiger partial charge in [0.1, 0.15) is 13.2 Å². The summed E-state index contributed by atoms with van der Waals surface area (Å²) in [6.07, 6.45) is 5.14. The lowest BCUT2D eigenvalue weighted by atomic mass is 9.96. The molecule has 2 saturated heterocycles. The zero-order chi connectivity index (χ0) is 13.5. The van der Waals surface area contributed by atoms with Gasteiger partial charge in [-0.15, -0.1) is 0 Å². The fourth-order valence-corrected chi connectivity index (χ4v) is 4.03. The van der Waals surface area contributed by atoms with E-state index >= 15 is 0 Å². The van der Waals surface area contributed by atoms with E-state index in [1.165, 1.54) is 31.4 Å². The van der Waals surface area contributed by atoms with E-state index in [-0.39, 0.29) is 0 Å². The summed E-state index contributed by atoms with van der Waals surface area (Å²) in [5, 5.41) is 3.46. The number of rotatable bonds is 2. The molecular formula is C16H22N2O2. The number of nitrogens with one attached hydrogen (secondary N) is 1. The lowest BCUT2D eigenvalue weighted by Gasteiger charge is -2.40. The molecule has 1 aromatic rings. The van der Waals surface area contributed by atoms with Crippen molar-refractivity contribution in [2.75, 3.05) is 25.2 Å². The van der Waals surface area contributed by atoms with Crippen molar-refractivity contribution in [3.8, 4) is 11.5 Å². The van der Waals surface area contributed by atoms with Crippen LogP contribution in [0.4, 0.5) is 5.69 Å². The zero-order valence-corrected chi connectivity index (χ0v) is 12.0. The van der Waals surface area contributed by atoms with Gasteiger partial charge >= 0.3 is 0 Å². The summed E-state index contributed by atoms with van der Waals surface area (Å²) < 4.78 is 11.3. The van der Waals surface area contributed by atoms with Gasteiger partial charge in [0, 0.05) is 29.9 Å². The second-order valence-corrected chi connectivity index (χ2v) is 6.08. The number of benzene rings is 1. The largest absolute Gasteiger partial charge is 0.486 e.